The van der Waals surface area contributed by atoms with E-state index in [-0.39, 0.29) is 24.5 Å². The summed E-state index contributed by atoms with van der Waals surface area (Å²) in [6.45, 7) is 3.26. The van der Waals surface area contributed by atoms with Gasteiger partial charge in [0.15, 0.2) is 5.79 Å². The molecule has 0 amide bonds. The van der Waals surface area contributed by atoms with E-state index in [1.165, 1.54) is 6.92 Å². The van der Waals surface area contributed by atoms with Crippen molar-refractivity contribution in [2.24, 2.45) is 5.92 Å². The molecule has 4 nitrogen and oxygen atoms in total. The van der Waals surface area contributed by atoms with Crippen LogP contribution in [-0.2, 0) is 4.74 Å². The molecule has 1 fully saturated rings. The summed E-state index contributed by atoms with van der Waals surface area (Å²) >= 11 is 0. The first-order chi connectivity index (χ1) is 8.88. The van der Waals surface area contributed by atoms with Crippen LogP contribution in [-0.4, -0.2) is 33.3 Å². The van der Waals surface area contributed by atoms with E-state index >= 15 is 0 Å². The fraction of sp³-hybridized carbons (Fsp3) is 0.600. The molecule has 0 saturated carbocycles. The van der Waals surface area contributed by atoms with E-state index in [0.29, 0.717) is 6.42 Å². The minimum Gasteiger partial charge on any atom is -0.393 e. The van der Waals surface area contributed by atoms with Crippen LogP contribution in [0.3, 0.4) is 0 Å². The number of benzene rings is 1. The van der Waals surface area contributed by atoms with E-state index in [9.17, 15) is 15.3 Å². The highest BCUT2D eigenvalue weighted by Gasteiger charge is 2.46. The van der Waals surface area contributed by atoms with E-state index in [1.54, 1.807) is 0 Å². The lowest BCUT2D eigenvalue weighted by molar-refractivity contribution is -0.155. The van der Waals surface area contributed by atoms with Gasteiger partial charge in [-0.3, -0.25) is 0 Å². The van der Waals surface area contributed by atoms with Gasteiger partial charge >= 0.3 is 0 Å². The molecule has 1 aromatic rings. The minimum absolute atomic E-state index is 0.0149. The van der Waals surface area contributed by atoms with Gasteiger partial charge in [-0.1, -0.05) is 37.3 Å². The van der Waals surface area contributed by atoms with Crippen LogP contribution in [0, 0.1) is 5.92 Å². The van der Waals surface area contributed by atoms with Crippen molar-refractivity contribution < 1.29 is 20.1 Å². The molecule has 4 atom stereocenters. The summed E-state index contributed by atoms with van der Waals surface area (Å²) in [5, 5.41) is 28.5. The van der Waals surface area contributed by atoms with E-state index in [2.05, 4.69) is 0 Å². The fourth-order valence-corrected chi connectivity index (χ4v) is 2.34. The van der Waals surface area contributed by atoms with Gasteiger partial charge in [-0.25, -0.2) is 0 Å². The zero-order valence-electron chi connectivity index (χ0n) is 11.4. The van der Waals surface area contributed by atoms with Crippen LogP contribution >= 0.6 is 0 Å². The Kier molecular flexibility index (Phi) is 4.26. The number of hydrogen-bond donors (Lipinski definition) is 3. The fourth-order valence-electron chi connectivity index (χ4n) is 2.34. The number of ether oxygens (including phenoxy) is 1. The van der Waals surface area contributed by atoms with Gasteiger partial charge in [0.05, 0.1) is 12.2 Å². The maximum absolute atomic E-state index is 10.1. The van der Waals surface area contributed by atoms with E-state index in [0.717, 1.165) is 5.56 Å². The molecule has 2 rings (SSSR count). The van der Waals surface area contributed by atoms with E-state index < -0.39 is 11.9 Å². The van der Waals surface area contributed by atoms with Gasteiger partial charge in [0.25, 0.3) is 0 Å². The van der Waals surface area contributed by atoms with Gasteiger partial charge in [-0.15, -0.1) is 0 Å². The van der Waals surface area contributed by atoms with Crippen molar-refractivity contribution in [3.63, 3.8) is 0 Å². The van der Waals surface area contributed by atoms with Gasteiger partial charge < -0.3 is 20.1 Å². The molecule has 4 unspecified atom stereocenters. The lowest BCUT2D eigenvalue weighted by atomic mass is 9.92. The first kappa shape index (κ1) is 14.5. The Balaban J connectivity index is 1.84. The summed E-state index contributed by atoms with van der Waals surface area (Å²) < 4.78 is 5.63. The van der Waals surface area contributed by atoms with Crippen LogP contribution in [0.25, 0.3) is 0 Å². The standard InChI is InChI=1S/C15H22O4/c1-10(12(16)8-9-15(2,17)18)13-14(19-13)11-6-4-3-5-7-11/h3-7,10,12-14,16-18H,8-9H2,1-2H3. The average Bonchev–Trinajstić information content (AvgIpc) is 3.15. The van der Waals surface area contributed by atoms with Crippen LogP contribution in [0.5, 0.6) is 0 Å². The van der Waals surface area contributed by atoms with Gasteiger partial charge in [0.2, 0.25) is 0 Å². The van der Waals surface area contributed by atoms with Crippen molar-refractivity contribution in [1.29, 1.82) is 0 Å². The molecule has 19 heavy (non-hydrogen) atoms. The average molecular weight is 266 g/mol. The molecule has 1 saturated heterocycles. The number of epoxide rings is 1. The molecule has 0 radical (unpaired) electrons. The Morgan fingerprint density at radius 3 is 2.47 bits per heavy atom. The van der Waals surface area contributed by atoms with Crippen LogP contribution in [0.15, 0.2) is 30.3 Å². The van der Waals surface area contributed by atoms with Crippen LogP contribution in [0.2, 0.25) is 0 Å². The Morgan fingerprint density at radius 2 is 1.89 bits per heavy atom. The maximum Gasteiger partial charge on any atom is 0.159 e. The SMILES string of the molecule is CC(C(O)CCC(C)(O)O)C1OC1c1ccccc1. The van der Waals surface area contributed by atoms with Crippen molar-refractivity contribution >= 4 is 0 Å². The topological polar surface area (TPSA) is 73.2 Å². The molecule has 0 aliphatic carbocycles. The third kappa shape index (κ3) is 4.01. The highest BCUT2D eigenvalue weighted by Crippen LogP contribution is 2.44. The van der Waals surface area contributed by atoms with Crippen molar-refractivity contribution in [2.45, 2.75) is 50.8 Å². The van der Waals surface area contributed by atoms with Crippen molar-refractivity contribution in [3.05, 3.63) is 35.9 Å². The zero-order chi connectivity index (χ0) is 14.0. The highest BCUT2D eigenvalue weighted by molar-refractivity contribution is 5.22. The molecule has 4 heteroatoms. The molecule has 1 aromatic carbocycles. The summed E-state index contributed by atoms with van der Waals surface area (Å²) in [5.41, 5.74) is 1.13. The quantitative estimate of drug-likeness (QED) is 0.540. The molecular formula is C15H22O4. The van der Waals surface area contributed by atoms with E-state index in [1.807, 2.05) is 37.3 Å². The van der Waals surface area contributed by atoms with Gasteiger partial charge in [0, 0.05) is 12.3 Å². The third-order valence-electron chi connectivity index (χ3n) is 3.69. The second-order valence-electron chi connectivity index (χ2n) is 5.61. The predicted molar refractivity (Wildman–Crippen MR) is 71.3 cm³/mol. The molecule has 1 heterocycles. The molecule has 0 aromatic heterocycles. The highest BCUT2D eigenvalue weighted by atomic mass is 16.6. The lowest BCUT2D eigenvalue weighted by Crippen LogP contribution is -2.29. The number of aliphatic hydroxyl groups is 3. The number of aliphatic hydroxyl groups excluding tert-OH is 1. The smallest absolute Gasteiger partial charge is 0.159 e. The van der Waals surface area contributed by atoms with Crippen molar-refractivity contribution in [3.8, 4) is 0 Å². The van der Waals surface area contributed by atoms with Gasteiger partial charge in [-0.2, -0.15) is 0 Å². The minimum atomic E-state index is -1.72. The molecule has 0 bridgehead atoms. The van der Waals surface area contributed by atoms with Crippen LogP contribution in [0.4, 0.5) is 0 Å². The van der Waals surface area contributed by atoms with Crippen molar-refractivity contribution in [2.75, 3.05) is 0 Å². The largest absolute Gasteiger partial charge is 0.393 e. The van der Waals surface area contributed by atoms with Gasteiger partial charge in [-0.05, 0) is 18.9 Å². The molecular weight excluding hydrogens is 244 g/mol. The first-order valence-electron chi connectivity index (χ1n) is 6.72. The predicted octanol–water partition coefficient (Wildman–Crippen LogP) is 1.60. The third-order valence-corrected chi connectivity index (χ3v) is 3.69. The van der Waals surface area contributed by atoms with Crippen molar-refractivity contribution in [1.82, 2.24) is 0 Å². The Bertz CT molecular complexity index is 398. The second-order valence-corrected chi connectivity index (χ2v) is 5.61. The normalized spacial score (nSPS) is 25.9. The Morgan fingerprint density at radius 1 is 1.26 bits per heavy atom. The summed E-state index contributed by atoms with van der Waals surface area (Å²) in [5.74, 6) is -1.74. The number of rotatable bonds is 6. The van der Waals surface area contributed by atoms with Crippen LogP contribution < -0.4 is 0 Å². The second kappa shape index (κ2) is 5.59. The molecule has 0 spiro atoms. The van der Waals surface area contributed by atoms with Gasteiger partial charge in [0.1, 0.15) is 6.10 Å². The molecule has 106 valence electrons. The van der Waals surface area contributed by atoms with E-state index in [4.69, 9.17) is 4.74 Å². The molecule has 1 aliphatic rings. The maximum atomic E-state index is 10.1. The molecule has 3 N–H and O–H groups in total. The molecule has 1 aliphatic heterocycles. The first-order valence-corrected chi connectivity index (χ1v) is 6.72. The lowest BCUT2D eigenvalue weighted by Gasteiger charge is -2.21. The summed E-state index contributed by atoms with van der Waals surface area (Å²) in [7, 11) is 0. The monoisotopic (exact) mass is 266 g/mol. The Hall–Kier alpha value is -0.940. The zero-order valence-corrected chi connectivity index (χ0v) is 11.4. The Labute approximate surface area is 113 Å². The summed E-state index contributed by atoms with van der Waals surface area (Å²) in [6, 6.07) is 9.93. The summed E-state index contributed by atoms with van der Waals surface area (Å²) in [6.07, 6.45) is -0.00773. The number of hydrogen-bond acceptors (Lipinski definition) is 4. The van der Waals surface area contributed by atoms with Crippen LogP contribution in [0.1, 0.15) is 38.4 Å². The summed E-state index contributed by atoms with van der Waals surface area (Å²) in [4.78, 5) is 0.